The first-order chi connectivity index (χ1) is 5.24. The molecule has 0 aromatic carbocycles. The van der Waals surface area contributed by atoms with Gasteiger partial charge in [0, 0.05) is 0 Å². The fourth-order valence-electron chi connectivity index (χ4n) is 0.730. The van der Waals surface area contributed by atoms with Gasteiger partial charge in [-0.3, -0.25) is 4.98 Å². The van der Waals surface area contributed by atoms with Gasteiger partial charge in [0.2, 0.25) is 0 Å². The number of nitrogens with zero attached hydrogens (tertiary/aromatic N) is 1. The van der Waals surface area contributed by atoms with Crippen LogP contribution in [0.25, 0.3) is 0 Å². The van der Waals surface area contributed by atoms with Crippen molar-refractivity contribution in [2.24, 2.45) is 0 Å². The van der Waals surface area contributed by atoms with Gasteiger partial charge in [-0.1, -0.05) is 6.07 Å². The van der Waals surface area contributed by atoms with Crippen molar-refractivity contribution in [3.63, 3.8) is 0 Å². The van der Waals surface area contributed by atoms with Gasteiger partial charge in [-0.05, 0) is 12.1 Å². The number of hydrogen-bond donors (Lipinski definition) is 3. The smallest absolute Gasteiger partial charge is 0.422 e. The maximum Gasteiger partial charge on any atom is 0.508 e. The van der Waals surface area contributed by atoms with E-state index in [9.17, 15) is 0 Å². The molecule has 0 fully saturated rings. The van der Waals surface area contributed by atoms with Gasteiger partial charge in [-0.25, -0.2) is 0 Å². The molecule has 0 aliphatic carbocycles. The van der Waals surface area contributed by atoms with E-state index in [2.05, 4.69) is 4.98 Å². The van der Waals surface area contributed by atoms with Crippen LogP contribution in [0, 0.1) is 0 Å². The van der Waals surface area contributed by atoms with E-state index in [0.29, 0.717) is 5.69 Å². The largest absolute Gasteiger partial charge is 0.508 e. The van der Waals surface area contributed by atoms with E-state index in [-0.39, 0.29) is 12.2 Å². The number of aliphatic hydroxyl groups excluding tert-OH is 1. The molecule has 5 heteroatoms. The number of hydrogen-bond acceptors (Lipinski definition) is 4. The Morgan fingerprint density at radius 2 is 2.09 bits per heavy atom. The zero-order valence-corrected chi connectivity index (χ0v) is 5.81. The first-order valence-corrected chi connectivity index (χ1v) is 3.17. The Hall–Kier alpha value is -0.905. The van der Waals surface area contributed by atoms with Crippen LogP contribution in [-0.4, -0.2) is 27.3 Å². The highest BCUT2D eigenvalue weighted by Crippen LogP contribution is 1.90. The lowest BCUT2D eigenvalue weighted by atomic mass is 9.85. The van der Waals surface area contributed by atoms with Crippen LogP contribution in [0.2, 0.25) is 0 Å². The molecule has 3 N–H and O–H groups in total. The summed E-state index contributed by atoms with van der Waals surface area (Å²) in [6, 6.07) is 4.68. The molecule has 0 radical (unpaired) electrons. The second-order valence-corrected chi connectivity index (χ2v) is 2.09. The van der Waals surface area contributed by atoms with Crippen molar-refractivity contribution in [1.29, 1.82) is 0 Å². The van der Waals surface area contributed by atoms with E-state index in [1.165, 1.54) is 6.07 Å². The Labute approximate surface area is 64.3 Å². The van der Waals surface area contributed by atoms with E-state index in [1.807, 2.05) is 0 Å². The molecule has 11 heavy (non-hydrogen) atoms. The van der Waals surface area contributed by atoms with E-state index in [1.54, 1.807) is 12.1 Å². The summed E-state index contributed by atoms with van der Waals surface area (Å²) in [4.78, 5) is 3.74. The number of pyridine rings is 1. The fourth-order valence-corrected chi connectivity index (χ4v) is 0.730. The van der Waals surface area contributed by atoms with Crippen molar-refractivity contribution in [2.75, 3.05) is 0 Å². The van der Waals surface area contributed by atoms with Gasteiger partial charge < -0.3 is 15.2 Å². The van der Waals surface area contributed by atoms with Crippen LogP contribution in [0.3, 0.4) is 0 Å². The van der Waals surface area contributed by atoms with Crippen molar-refractivity contribution < 1.29 is 15.2 Å². The molecule has 0 atom stereocenters. The van der Waals surface area contributed by atoms with Gasteiger partial charge in [-0.2, -0.15) is 0 Å². The van der Waals surface area contributed by atoms with Gasteiger partial charge >= 0.3 is 7.12 Å². The third-order valence-electron chi connectivity index (χ3n) is 1.25. The molecule has 1 heterocycles. The van der Waals surface area contributed by atoms with E-state index < -0.39 is 7.12 Å². The highest BCUT2D eigenvalue weighted by atomic mass is 16.4. The Morgan fingerprint density at radius 3 is 2.64 bits per heavy atom. The summed E-state index contributed by atoms with van der Waals surface area (Å²) < 4.78 is 0. The SMILES string of the molecule is OCc1cccc(B(O)O)n1. The molecule has 0 aliphatic rings. The molecule has 0 aliphatic heterocycles. The first-order valence-electron chi connectivity index (χ1n) is 3.17. The van der Waals surface area contributed by atoms with Gasteiger partial charge in [0.05, 0.1) is 17.9 Å². The van der Waals surface area contributed by atoms with E-state index in [0.717, 1.165) is 0 Å². The van der Waals surface area contributed by atoms with Crippen molar-refractivity contribution in [3.05, 3.63) is 23.9 Å². The maximum absolute atomic E-state index is 8.66. The Kier molecular flexibility index (Phi) is 2.59. The summed E-state index contributed by atoms with van der Waals surface area (Å²) in [6.45, 7) is -0.194. The quantitative estimate of drug-likeness (QED) is 0.440. The lowest BCUT2D eigenvalue weighted by Gasteiger charge is -1.99. The number of rotatable bonds is 2. The molecular formula is C6H8BNO3. The maximum atomic E-state index is 8.66. The molecule has 0 saturated carbocycles. The average Bonchev–Trinajstić information content (AvgIpc) is 2.05. The van der Waals surface area contributed by atoms with Crippen molar-refractivity contribution in [1.82, 2.24) is 4.98 Å². The normalized spacial score (nSPS) is 9.73. The summed E-state index contributed by atoms with van der Waals surface area (Å²) >= 11 is 0. The second kappa shape index (κ2) is 3.48. The summed E-state index contributed by atoms with van der Waals surface area (Å²) in [5.74, 6) is 0. The molecule has 0 saturated heterocycles. The minimum Gasteiger partial charge on any atom is -0.422 e. The summed E-state index contributed by atoms with van der Waals surface area (Å²) in [7, 11) is -1.57. The van der Waals surface area contributed by atoms with Crippen molar-refractivity contribution in [3.8, 4) is 0 Å². The third-order valence-corrected chi connectivity index (χ3v) is 1.25. The van der Waals surface area contributed by atoms with E-state index >= 15 is 0 Å². The fraction of sp³-hybridized carbons (Fsp3) is 0.167. The Balaban J connectivity index is 2.91. The highest BCUT2D eigenvalue weighted by Gasteiger charge is 2.11. The van der Waals surface area contributed by atoms with Gasteiger partial charge in [0.25, 0.3) is 0 Å². The average molecular weight is 153 g/mol. The molecule has 0 amide bonds. The zero-order chi connectivity index (χ0) is 8.27. The molecular weight excluding hydrogens is 145 g/mol. The van der Waals surface area contributed by atoms with Crippen molar-refractivity contribution >= 4 is 12.7 Å². The van der Waals surface area contributed by atoms with Gasteiger partial charge in [0.15, 0.2) is 0 Å². The standard InChI is InChI=1S/C6H8BNO3/c9-4-5-2-1-3-6(8-5)7(10)11/h1-3,9-11H,4H2. The molecule has 1 aromatic heterocycles. The van der Waals surface area contributed by atoms with Crippen LogP contribution in [0.15, 0.2) is 18.2 Å². The molecule has 0 unspecified atom stereocenters. The summed E-state index contributed by atoms with van der Waals surface area (Å²) in [5.41, 5.74) is 0.576. The number of aliphatic hydroxyl groups is 1. The van der Waals surface area contributed by atoms with Gasteiger partial charge in [-0.15, -0.1) is 0 Å². The van der Waals surface area contributed by atoms with Crippen LogP contribution in [0.1, 0.15) is 5.69 Å². The third kappa shape index (κ3) is 2.01. The molecule has 0 spiro atoms. The van der Waals surface area contributed by atoms with Crippen LogP contribution >= 0.6 is 0 Å². The Bertz CT molecular complexity index is 241. The van der Waals surface area contributed by atoms with Crippen LogP contribution in [0.4, 0.5) is 0 Å². The number of aromatic nitrogens is 1. The molecule has 0 bridgehead atoms. The summed E-state index contributed by atoms with van der Waals surface area (Å²) in [5, 5.41) is 25.9. The van der Waals surface area contributed by atoms with E-state index in [4.69, 9.17) is 15.2 Å². The van der Waals surface area contributed by atoms with Crippen LogP contribution in [-0.2, 0) is 6.61 Å². The Morgan fingerprint density at radius 1 is 1.36 bits per heavy atom. The van der Waals surface area contributed by atoms with Crippen LogP contribution in [0.5, 0.6) is 0 Å². The molecule has 4 nitrogen and oxygen atoms in total. The van der Waals surface area contributed by atoms with Crippen LogP contribution < -0.4 is 5.59 Å². The van der Waals surface area contributed by atoms with Crippen molar-refractivity contribution in [2.45, 2.75) is 6.61 Å². The lowest BCUT2D eigenvalue weighted by Crippen LogP contribution is -2.33. The minimum atomic E-state index is -1.57. The zero-order valence-electron chi connectivity index (χ0n) is 5.81. The second-order valence-electron chi connectivity index (χ2n) is 2.09. The summed E-state index contributed by atoms with van der Waals surface area (Å²) in [6.07, 6.45) is 0. The molecule has 1 rings (SSSR count). The predicted octanol–water partition coefficient (Wildman–Crippen LogP) is -1.75. The molecule has 1 aromatic rings. The minimum absolute atomic E-state index is 0.150. The topological polar surface area (TPSA) is 73.6 Å². The highest BCUT2D eigenvalue weighted by molar-refractivity contribution is 6.57. The lowest BCUT2D eigenvalue weighted by molar-refractivity contribution is 0.277. The molecule has 58 valence electrons. The predicted molar refractivity (Wildman–Crippen MR) is 40.0 cm³/mol. The first kappa shape index (κ1) is 8.19. The monoisotopic (exact) mass is 153 g/mol. The van der Waals surface area contributed by atoms with Gasteiger partial charge in [0.1, 0.15) is 0 Å².